The first-order valence-corrected chi connectivity index (χ1v) is 11.9. The van der Waals surface area contributed by atoms with Gasteiger partial charge in [-0.1, -0.05) is 25.8 Å². The van der Waals surface area contributed by atoms with Crippen LogP contribution in [-0.4, -0.2) is 44.3 Å². The maximum absolute atomic E-state index is 6.10. The van der Waals surface area contributed by atoms with Crippen LogP contribution in [0.1, 0.15) is 68.7 Å². The summed E-state index contributed by atoms with van der Waals surface area (Å²) in [5.74, 6) is 1.45. The predicted molar refractivity (Wildman–Crippen MR) is 125 cm³/mol. The fourth-order valence-electron chi connectivity index (χ4n) is 5.05. The molecule has 32 heavy (non-hydrogen) atoms. The van der Waals surface area contributed by atoms with E-state index in [1.807, 2.05) is 12.4 Å². The number of aryl methyl sites for hydroxylation is 1. The Kier molecular flexibility index (Phi) is 5.61. The van der Waals surface area contributed by atoms with Gasteiger partial charge < -0.3 is 15.4 Å². The fraction of sp³-hybridized carbons (Fsp3) is 0.583. The van der Waals surface area contributed by atoms with Gasteiger partial charge in [0.1, 0.15) is 5.82 Å². The molecule has 1 aliphatic carbocycles. The summed E-state index contributed by atoms with van der Waals surface area (Å²) in [7, 11) is 0. The highest BCUT2D eigenvalue weighted by Gasteiger charge is 2.39. The second-order valence-electron chi connectivity index (χ2n) is 9.47. The molecule has 3 aromatic rings. The standard InChI is InChI=1S/C24H33N7O/c1-3-4-12-32-23-28-20(25)22-27-16-19(31(22)29-23)14-18-13-17(2)21(26-15-18)30-10-8-24(9-11-30)6-5-7-24/h13,15-16H,3-12,14H2,1-2H3,(H2,25,28,29). The predicted octanol–water partition coefficient (Wildman–Crippen LogP) is 3.95. The van der Waals surface area contributed by atoms with Gasteiger partial charge in [-0.05, 0) is 55.6 Å². The number of anilines is 2. The Hall–Kier alpha value is -2.90. The highest BCUT2D eigenvalue weighted by atomic mass is 16.5. The molecule has 1 spiro atoms. The zero-order valence-electron chi connectivity index (χ0n) is 19.2. The van der Waals surface area contributed by atoms with E-state index in [1.54, 1.807) is 4.52 Å². The molecular weight excluding hydrogens is 402 g/mol. The molecule has 0 atom stereocenters. The molecule has 2 fully saturated rings. The van der Waals surface area contributed by atoms with Crippen LogP contribution < -0.4 is 15.4 Å². The first-order valence-electron chi connectivity index (χ1n) is 11.9. The molecule has 2 aliphatic rings. The highest BCUT2D eigenvalue weighted by Crippen LogP contribution is 2.49. The molecule has 0 aromatic carbocycles. The minimum atomic E-state index is 0.293. The van der Waals surface area contributed by atoms with Crippen LogP contribution in [-0.2, 0) is 6.42 Å². The third-order valence-electron chi connectivity index (χ3n) is 7.20. The van der Waals surface area contributed by atoms with Gasteiger partial charge in [-0.3, -0.25) is 0 Å². The molecule has 4 heterocycles. The third-order valence-corrected chi connectivity index (χ3v) is 7.20. The molecule has 0 radical (unpaired) electrons. The molecule has 2 N–H and O–H groups in total. The number of piperidine rings is 1. The lowest BCUT2D eigenvalue weighted by Crippen LogP contribution is -2.44. The second kappa shape index (κ2) is 8.56. The van der Waals surface area contributed by atoms with E-state index >= 15 is 0 Å². The van der Waals surface area contributed by atoms with E-state index in [0.29, 0.717) is 35.9 Å². The minimum absolute atomic E-state index is 0.293. The average Bonchev–Trinajstić information content (AvgIpc) is 3.16. The summed E-state index contributed by atoms with van der Waals surface area (Å²) in [6, 6.07) is 2.53. The number of imidazole rings is 1. The van der Waals surface area contributed by atoms with Crippen molar-refractivity contribution in [2.24, 2.45) is 5.41 Å². The maximum Gasteiger partial charge on any atom is 0.336 e. The Morgan fingerprint density at radius 3 is 2.62 bits per heavy atom. The van der Waals surface area contributed by atoms with Crippen molar-refractivity contribution >= 4 is 17.3 Å². The number of nitrogens with zero attached hydrogens (tertiary/aromatic N) is 6. The molecule has 1 aliphatic heterocycles. The number of pyridine rings is 1. The first kappa shape index (κ1) is 21.0. The van der Waals surface area contributed by atoms with E-state index in [9.17, 15) is 0 Å². The molecule has 8 heteroatoms. The highest BCUT2D eigenvalue weighted by molar-refractivity contribution is 5.60. The zero-order chi connectivity index (χ0) is 22.1. The van der Waals surface area contributed by atoms with Crippen molar-refractivity contribution < 1.29 is 4.74 Å². The molecule has 0 amide bonds. The summed E-state index contributed by atoms with van der Waals surface area (Å²) < 4.78 is 7.42. The summed E-state index contributed by atoms with van der Waals surface area (Å²) in [4.78, 5) is 16.0. The molecule has 0 unspecified atom stereocenters. The first-order chi connectivity index (χ1) is 15.6. The molecule has 8 nitrogen and oxygen atoms in total. The largest absolute Gasteiger partial charge is 0.462 e. The Bertz CT molecular complexity index is 1100. The fourth-order valence-corrected chi connectivity index (χ4v) is 5.05. The van der Waals surface area contributed by atoms with Crippen LogP contribution in [0.5, 0.6) is 6.01 Å². The van der Waals surface area contributed by atoms with E-state index in [4.69, 9.17) is 15.5 Å². The normalized spacial score (nSPS) is 17.6. The van der Waals surface area contributed by atoms with Crippen LogP contribution >= 0.6 is 0 Å². The van der Waals surface area contributed by atoms with E-state index in [2.05, 4.69) is 39.9 Å². The lowest BCUT2D eigenvalue weighted by atomic mass is 9.63. The van der Waals surface area contributed by atoms with Gasteiger partial charge in [-0.15, -0.1) is 5.10 Å². The number of hydrogen-bond donors (Lipinski definition) is 1. The average molecular weight is 436 g/mol. The van der Waals surface area contributed by atoms with Crippen molar-refractivity contribution in [3.05, 3.63) is 35.3 Å². The van der Waals surface area contributed by atoms with E-state index in [1.165, 1.54) is 37.7 Å². The summed E-state index contributed by atoms with van der Waals surface area (Å²) in [5.41, 5.74) is 10.6. The third kappa shape index (κ3) is 3.98. The Labute approximate surface area is 189 Å². The summed E-state index contributed by atoms with van der Waals surface area (Å²) in [5, 5.41) is 4.52. The van der Waals surface area contributed by atoms with Crippen molar-refractivity contribution in [2.45, 2.75) is 65.2 Å². The maximum atomic E-state index is 6.10. The van der Waals surface area contributed by atoms with Crippen LogP contribution in [0.3, 0.4) is 0 Å². The number of ether oxygens (including phenoxy) is 1. The van der Waals surface area contributed by atoms with Crippen molar-refractivity contribution in [2.75, 3.05) is 30.3 Å². The summed E-state index contributed by atoms with van der Waals surface area (Å²) in [6.45, 7) is 7.10. The topological polar surface area (TPSA) is 94.5 Å². The van der Waals surface area contributed by atoms with Crippen LogP contribution in [0.2, 0.25) is 0 Å². The van der Waals surface area contributed by atoms with Crippen molar-refractivity contribution in [1.29, 1.82) is 0 Å². The van der Waals surface area contributed by atoms with Gasteiger partial charge in [0.05, 0.1) is 18.5 Å². The van der Waals surface area contributed by atoms with Gasteiger partial charge in [-0.25, -0.2) is 14.5 Å². The number of fused-ring (bicyclic) bond motifs is 1. The summed E-state index contributed by atoms with van der Waals surface area (Å²) >= 11 is 0. The van der Waals surface area contributed by atoms with Gasteiger partial charge in [0.15, 0.2) is 11.5 Å². The van der Waals surface area contributed by atoms with Crippen molar-refractivity contribution in [1.82, 2.24) is 24.6 Å². The van der Waals surface area contributed by atoms with E-state index in [0.717, 1.165) is 43.0 Å². The molecule has 1 saturated carbocycles. The SMILES string of the molecule is CCCCOc1nc(N)c2ncc(Cc3cnc(N4CCC5(CCC5)CC4)c(C)c3)n2n1. The Morgan fingerprint density at radius 2 is 1.94 bits per heavy atom. The lowest BCUT2D eigenvalue weighted by molar-refractivity contribution is 0.0952. The van der Waals surface area contributed by atoms with Gasteiger partial charge in [0, 0.05) is 25.7 Å². The van der Waals surface area contributed by atoms with Crippen LogP contribution in [0.4, 0.5) is 11.6 Å². The molecule has 5 rings (SSSR count). The molecule has 1 saturated heterocycles. The van der Waals surface area contributed by atoms with Crippen LogP contribution in [0, 0.1) is 12.3 Å². The van der Waals surface area contributed by atoms with Crippen LogP contribution in [0.15, 0.2) is 18.5 Å². The second-order valence-corrected chi connectivity index (χ2v) is 9.47. The van der Waals surface area contributed by atoms with Crippen LogP contribution in [0.25, 0.3) is 5.65 Å². The number of hydrogen-bond acceptors (Lipinski definition) is 7. The molecule has 0 bridgehead atoms. The van der Waals surface area contributed by atoms with Gasteiger partial charge in [0.25, 0.3) is 0 Å². The zero-order valence-corrected chi connectivity index (χ0v) is 19.2. The Balaban J connectivity index is 1.32. The minimum Gasteiger partial charge on any atom is -0.462 e. The van der Waals surface area contributed by atoms with E-state index < -0.39 is 0 Å². The van der Waals surface area contributed by atoms with Gasteiger partial charge in [0.2, 0.25) is 0 Å². The number of aromatic nitrogens is 5. The van der Waals surface area contributed by atoms with Gasteiger partial charge >= 0.3 is 6.01 Å². The molecule has 3 aromatic heterocycles. The number of nitrogen functional groups attached to an aromatic ring is 1. The lowest BCUT2D eigenvalue weighted by Gasteiger charge is -2.48. The number of rotatable bonds is 7. The number of unbranched alkanes of at least 4 members (excludes halogenated alkanes) is 1. The van der Waals surface area contributed by atoms with Crippen molar-refractivity contribution in [3.63, 3.8) is 0 Å². The van der Waals surface area contributed by atoms with Crippen molar-refractivity contribution in [3.8, 4) is 6.01 Å². The smallest absolute Gasteiger partial charge is 0.336 e. The molecule has 170 valence electrons. The number of nitrogens with two attached hydrogens (primary N) is 1. The quantitative estimate of drug-likeness (QED) is 0.562. The van der Waals surface area contributed by atoms with Gasteiger partial charge in [-0.2, -0.15) is 4.98 Å². The summed E-state index contributed by atoms with van der Waals surface area (Å²) in [6.07, 6.45) is 13.3. The Morgan fingerprint density at radius 1 is 1.12 bits per heavy atom. The van der Waals surface area contributed by atoms with E-state index in [-0.39, 0.29) is 0 Å². The molecular formula is C24H33N7O. The monoisotopic (exact) mass is 435 g/mol.